The standard InChI is InChI=1S/C18H17FN4O/c1-12(24)22-10-2-3-15(22)16-8-9-20-18-21-11-17(23(16)18)13-4-6-14(19)7-5-13/h4-9,11,15H,2-3,10H2,1H3. The molecular weight excluding hydrogens is 307 g/mol. The summed E-state index contributed by atoms with van der Waals surface area (Å²) in [4.78, 5) is 22.5. The molecule has 0 saturated carbocycles. The molecule has 4 rings (SSSR count). The number of rotatable bonds is 2. The summed E-state index contributed by atoms with van der Waals surface area (Å²) >= 11 is 0. The molecule has 24 heavy (non-hydrogen) atoms. The molecule has 122 valence electrons. The molecule has 3 aromatic rings. The molecule has 2 aromatic heterocycles. The molecule has 0 bridgehead atoms. The minimum absolute atomic E-state index is 0.0152. The summed E-state index contributed by atoms with van der Waals surface area (Å²) in [6, 6.07) is 8.28. The van der Waals surface area contributed by atoms with Gasteiger partial charge in [0, 0.05) is 25.2 Å². The van der Waals surface area contributed by atoms with E-state index in [1.165, 1.54) is 12.1 Å². The number of aromatic nitrogens is 3. The number of halogens is 1. The second-order valence-corrected chi connectivity index (χ2v) is 6.03. The van der Waals surface area contributed by atoms with Crippen LogP contribution >= 0.6 is 0 Å². The summed E-state index contributed by atoms with van der Waals surface area (Å²) in [5.41, 5.74) is 2.71. The average Bonchev–Trinajstić information content (AvgIpc) is 3.22. The fourth-order valence-corrected chi connectivity index (χ4v) is 3.48. The van der Waals surface area contributed by atoms with Crippen LogP contribution in [0, 0.1) is 5.82 Å². The number of carbonyl (C=O) groups excluding carboxylic acids is 1. The second-order valence-electron chi connectivity index (χ2n) is 6.03. The third kappa shape index (κ3) is 2.35. The molecule has 1 aliphatic rings. The van der Waals surface area contributed by atoms with Crippen LogP contribution in [0.1, 0.15) is 31.5 Å². The van der Waals surface area contributed by atoms with E-state index in [-0.39, 0.29) is 17.8 Å². The molecule has 1 fully saturated rings. The lowest BCUT2D eigenvalue weighted by atomic mass is 10.1. The Balaban J connectivity index is 1.89. The fraction of sp³-hybridized carbons (Fsp3) is 0.278. The van der Waals surface area contributed by atoms with Crippen molar-refractivity contribution >= 4 is 11.7 Å². The van der Waals surface area contributed by atoms with Crippen LogP contribution in [0.25, 0.3) is 17.0 Å². The molecule has 0 radical (unpaired) electrons. The monoisotopic (exact) mass is 324 g/mol. The van der Waals surface area contributed by atoms with Crippen LogP contribution in [0.5, 0.6) is 0 Å². The van der Waals surface area contributed by atoms with Gasteiger partial charge in [-0.05, 0) is 43.2 Å². The van der Waals surface area contributed by atoms with Crippen molar-refractivity contribution in [3.05, 3.63) is 54.2 Å². The highest BCUT2D eigenvalue weighted by atomic mass is 19.1. The molecule has 1 unspecified atom stereocenters. The van der Waals surface area contributed by atoms with Crippen LogP contribution in [-0.4, -0.2) is 31.7 Å². The van der Waals surface area contributed by atoms with Gasteiger partial charge in [-0.25, -0.2) is 14.4 Å². The van der Waals surface area contributed by atoms with Crippen molar-refractivity contribution < 1.29 is 9.18 Å². The molecule has 3 heterocycles. The van der Waals surface area contributed by atoms with Gasteiger partial charge in [0.25, 0.3) is 0 Å². The molecule has 1 atom stereocenters. The molecule has 1 amide bonds. The van der Waals surface area contributed by atoms with Gasteiger partial charge in [0.1, 0.15) is 5.82 Å². The first-order valence-corrected chi connectivity index (χ1v) is 8.00. The third-order valence-electron chi connectivity index (χ3n) is 4.58. The van der Waals surface area contributed by atoms with Crippen LogP contribution in [0.3, 0.4) is 0 Å². The van der Waals surface area contributed by atoms with Crippen LogP contribution in [0.15, 0.2) is 42.7 Å². The van der Waals surface area contributed by atoms with Crippen LogP contribution < -0.4 is 0 Å². The van der Waals surface area contributed by atoms with Crippen molar-refractivity contribution in [3.8, 4) is 11.3 Å². The molecule has 1 aromatic carbocycles. The van der Waals surface area contributed by atoms with E-state index >= 15 is 0 Å². The van der Waals surface area contributed by atoms with Gasteiger partial charge in [0.15, 0.2) is 0 Å². The summed E-state index contributed by atoms with van der Waals surface area (Å²) in [7, 11) is 0. The number of imidazole rings is 1. The SMILES string of the molecule is CC(=O)N1CCCC1c1ccnc2ncc(-c3ccc(F)cc3)n12. The molecule has 0 N–H and O–H groups in total. The number of benzene rings is 1. The van der Waals surface area contributed by atoms with Crippen molar-refractivity contribution in [3.63, 3.8) is 0 Å². The van der Waals surface area contributed by atoms with Gasteiger partial charge in [-0.3, -0.25) is 9.20 Å². The van der Waals surface area contributed by atoms with Crippen LogP contribution in [0.2, 0.25) is 0 Å². The van der Waals surface area contributed by atoms with Crippen molar-refractivity contribution in [1.82, 2.24) is 19.3 Å². The summed E-state index contributed by atoms with van der Waals surface area (Å²) in [6.45, 7) is 2.37. The molecule has 0 spiro atoms. The number of amides is 1. The third-order valence-corrected chi connectivity index (χ3v) is 4.58. The lowest BCUT2D eigenvalue weighted by Crippen LogP contribution is -2.29. The van der Waals surface area contributed by atoms with E-state index in [4.69, 9.17) is 0 Å². The lowest BCUT2D eigenvalue weighted by Gasteiger charge is -2.24. The summed E-state index contributed by atoms with van der Waals surface area (Å²) < 4.78 is 15.2. The number of likely N-dealkylation sites (tertiary alicyclic amines) is 1. The zero-order valence-corrected chi connectivity index (χ0v) is 13.3. The van der Waals surface area contributed by atoms with Gasteiger partial charge in [0.05, 0.1) is 23.6 Å². The zero-order chi connectivity index (χ0) is 16.7. The van der Waals surface area contributed by atoms with Gasteiger partial charge in [-0.2, -0.15) is 0 Å². The Hall–Kier alpha value is -2.76. The van der Waals surface area contributed by atoms with Crippen molar-refractivity contribution in [2.75, 3.05) is 6.54 Å². The predicted octanol–water partition coefficient (Wildman–Crippen LogP) is 3.22. The zero-order valence-electron chi connectivity index (χ0n) is 13.3. The highest BCUT2D eigenvalue weighted by molar-refractivity contribution is 5.74. The first kappa shape index (κ1) is 14.8. The van der Waals surface area contributed by atoms with E-state index in [1.54, 1.807) is 31.5 Å². The van der Waals surface area contributed by atoms with E-state index in [2.05, 4.69) is 9.97 Å². The Bertz CT molecular complexity index is 903. The van der Waals surface area contributed by atoms with Crippen LogP contribution in [0.4, 0.5) is 4.39 Å². The molecule has 6 heteroatoms. The number of hydrogen-bond acceptors (Lipinski definition) is 3. The predicted molar refractivity (Wildman–Crippen MR) is 87.7 cm³/mol. The maximum Gasteiger partial charge on any atom is 0.234 e. The smallest absolute Gasteiger partial charge is 0.234 e. The number of nitrogens with zero attached hydrogens (tertiary/aromatic N) is 4. The minimum atomic E-state index is -0.274. The Morgan fingerprint density at radius 1 is 1.21 bits per heavy atom. The topological polar surface area (TPSA) is 50.5 Å². The summed E-state index contributed by atoms with van der Waals surface area (Å²) in [5.74, 6) is 0.387. The quantitative estimate of drug-likeness (QED) is 0.727. The molecular formula is C18H17FN4O. The van der Waals surface area contributed by atoms with Crippen molar-refractivity contribution in [2.24, 2.45) is 0 Å². The Morgan fingerprint density at radius 2 is 2.00 bits per heavy atom. The van der Waals surface area contributed by atoms with Crippen molar-refractivity contribution in [1.29, 1.82) is 0 Å². The average molecular weight is 324 g/mol. The highest BCUT2D eigenvalue weighted by Gasteiger charge is 2.30. The molecule has 0 aliphatic carbocycles. The minimum Gasteiger partial charge on any atom is -0.334 e. The largest absolute Gasteiger partial charge is 0.334 e. The Morgan fingerprint density at radius 3 is 2.75 bits per heavy atom. The van der Waals surface area contributed by atoms with Gasteiger partial charge in [-0.15, -0.1) is 0 Å². The molecule has 5 nitrogen and oxygen atoms in total. The lowest BCUT2D eigenvalue weighted by molar-refractivity contribution is -0.129. The normalized spacial score (nSPS) is 17.6. The van der Waals surface area contributed by atoms with E-state index in [0.717, 1.165) is 36.3 Å². The first-order valence-electron chi connectivity index (χ1n) is 8.00. The maximum atomic E-state index is 13.2. The van der Waals surface area contributed by atoms with Gasteiger partial charge in [-0.1, -0.05) is 0 Å². The Kier molecular flexibility index (Phi) is 3.52. The van der Waals surface area contributed by atoms with E-state index < -0.39 is 0 Å². The molecule has 1 saturated heterocycles. The van der Waals surface area contributed by atoms with E-state index in [9.17, 15) is 9.18 Å². The van der Waals surface area contributed by atoms with Crippen LogP contribution in [-0.2, 0) is 4.79 Å². The molecule has 1 aliphatic heterocycles. The maximum absolute atomic E-state index is 13.2. The fourth-order valence-electron chi connectivity index (χ4n) is 3.48. The number of fused-ring (bicyclic) bond motifs is 1. The first-order chi connectivity index (χ1) is 11.6. The van der Waals surface area contributed by atoms with Gasteiger partial charge < -0.3 is 4.90 Å². The number of carbonyl (C=O) groups is 1. The van der Waals surface area contributed by atoms with Crippen molar-refractivity contribution in [2.45, 2.75) is 25.8 Å². The summed E-state index contributed by atoms with van der Waals surface area (Å²) in [5, 5.41) is 0. The van der Waals surface area contributed by atoms with E-state index in [0.29, 0.717) is 5.78 Å². The number of hydrogen-bond donors (Lipinski definition) is 0. The summed E-state index contributed by atoms with van der Waals surface area (Å²) in [6.07, 6.45) is 5.36. The highest BCUT2D eigenvalue weighted by Crippen LogP contribution is 2.34. The second kappa shape index (κ2) is 5.70. The van der Waals surface area contributed by atoms with Gasteiger partial charge >= 0.3 is 0 Å². The van der Waals surface area contributed by atoms with E-state index in [1.807, 2.05) is 15.4 Å². The van der Waals surface area contributed by atoms with Gasteiger partial charge in [0.2, 0.25) is 11.7 Å². The Labute approximate surface area is 138 Å².